The molecule has 3 aromatic rings. The molecule has 1 aliphatic heterocycles. The van der Waals surface area contributed by atoms with Crippen LogP contribution in [-0.4, -0.2) is 30.8 Å². The van der Waals surface area contributed by atoms with Crippen molar-refractivity contribution in [3.8, 4) is 0 Å². The Labute approximate surface area is 157 Å². The van der Waals surface area contributed by atoms with Crippen LogP contribution in [-0.2, 0) is 10.0 Å². The van der Waals surface area contributed by atoms with Crippen molar-refractivity contribution in [2.75, 3.05) is 13.1 Å². The fourth-order valence-electron chi connectivity index (χ4n) is 3.40. The Balaban J connectivity index is 1.53. The van der Waals surface area contributed by atoms with E-state index in [1.54, 1.807) is 19.1 Å². The molecule has 0 bridgehead atoms. The van der Waals surface area contributed by atoms with E-state index >= 15 is 0 Å². The number of halogens is 1. The highest BCUT2D eigenvalue weighted by Gasteiger charge is 2.32. The summed E-state index contributed by atoms with van der Waals surface area (Å²) in [5, 5.41) is 0.426. The van der Waals surface area contributed by atoms with Crippen LogP contribution in [0.1, 0.15) is 30.2 Å². The maximum absolute atomic E-state index is 13.0. The van der Waals surface area contributed by atoms with E-state index in [0.29, 0.717) is 42.4 Å². The zero-order valence-electron chi connectivity index (χ0n) is 14.4. The van der Waals surface area contributed by atoms with Crippen molar-refractivity contribution in [3.63, 3.8) is 0 Å². The number of piperidine rings is 1. The van der Waals surface area contributed by atoms with Gasteiger partial charge in [-0.1, -0.05) is 29.8 Å². The molecule has 0 saturated carbocycles. The summed E-state index contributed by atoms with van der Waals surface area (Å²) < 4.78 is 33.3. The molecule has 0 unspecified atom stereocenters. The summed E-state index contributed by atoms with van der Waals surface area (Å²) in [6.45, 7) is 2.67. The Bertz CT molecular complexity index is 1020. The number of hydrogen-bond donors (Lipinski definition) is 0. The number of fused-ring (bicyclic) bond motifs is 1. The first-order chi connectivity index (χ1) is 12.4. The van der Waals surface area contributed by atoms with Crippen molar-refractivity contribution < 1.29 is 12.8 Å². The molecule has 0 spiro atoms. The molecule has 2 aromatic carbocycles. The summed E-state index contributed by atoms with van der Waals surface area (Å²) in [7, 11) is -3.55. The van der Waals surface area contributed by atoms with Crippen LogP contribution in [0, 0.1) is 6.92 Å². The van der Waals surface area contributed by atoms with E-state index in [2.05, 4.69) is 4.98 Å². The Morgan fingerprint density at radius 1 is 1.15 bits per heavy atom. The van der Waals surface area contributed by atoms with E-state index in [9.17, 15) is 8.42 Å². The monoisotopic (exact) mass is 390 g/mol. The summed E-state index contributed by atoms with van der Waals surface area (Å²) in [4.78, 5) is 4.84. The van der Waals surface area contributed by atoms with E-state index in [-0.39, 0.29) is 10.8 Å². The maximum atomic E-state index is 13.0. The van der Waals surface area contributed by atoms with E-state index < -0.39 is 10.0 Å². The number of nitrogens with zero attached hydrogens (tertiary/aromatic N) is 2. The minimum atomic E-state index is -3.55. The summed E-state index contributed by atoms with van der Waals surface area (Å²) in [5.41, 5.74) is 2.31. The number of aryl methyl sites for hydroxylation is 1. The molecule has 0 amide bonds. The van der Waals surface area contributed by atoms with Gasteiger partial charge in [-0.05, 0) is 49.6 Å². The molecule has 1 aromatic heterocycles. The second-order valence-corrected chi connectivity index (χ2v) is 8.95. The predicted molar refractivity (Wildman–Crippen MR) is 101 cm³/mol. The highest BCUT2D eigenvalue weighted by atomic mass is 35.5. The molecule has 0 N–H and O–H groups in total. The lowest BCUT2D eigenvalue weighted by atomic mass is 9.98. The smallest absolute Gasteiger partial charge is 0.243 e. The van der Waals surface area contributed by atoms with Crippen molar-refractivity contribution in [1.29, 1.82) is 0 Å². The van der Waals surface area contributed by atoms with Crippen LogP contribution >= 0.6 is 11.6 Å². The van der Waals surface area contributed by atoms with Gasteiger partial charge < -0.3 is 4.42 Å². The minimum absolute atomic E-state index is 0.134. The molecule has 7 heteroatoms. The average molecular weight is 391 g/mol. The van der Waals surface area contributed by atoms with E-state index in [1.165, 1.54) is 10.4 Å². The van der Waals surface area contributed by atoms with Crippen LogP contribution < -0.4 is 0 Å². The SMILES string of the molecule is Cc1ccc(Cl)cc1S(=O)(=O)N1CCC(c2nc3ccccc3o2)CC1. The molecule has 2 heterocycles. The van der Waals surface area contributed by atoms with Crippen LogP contribution in [0.4, 0.5) is 0 Å². The molecule has 1 saturated heterocycles. The van der Waals surface area contributed by atoms with Crippen LogP contribution in [0.5, 0.6) is 0 Å². The summed E-state index contributed by atoms with van der Waals surface area (Å²) in [6.07, 6.45) is 1.37. The molecule has 4 rings (SSSR count). The van der Waals surface area contributed by atoms with Crippen molar-refractivity contribution in [3.05, 3.63) is 58.9 Å². The van der Waals surface area contributed by atoms with Crippen LogP contribution in [0.3, 0.4) is 0 Å². The van der Waals surface area contributed by atoms with Gasteiger partial charge in [-0.25, -0.2) is 13.4 Å². The minimum Gasteiger partial charge on any atom is -0.440 e. The largest absolute Gasteiger partial charge is 0.440 e. The third kappa shape index (κ3) is 3.13. The first kappa shape index (κ1) is 17.5. The van der Waals surface area contributed by atoms with Crippen LogP contribution in [0.15, 0.2) is 51.8 Å². The van der Waals surface area contributed by atoms with Crippen molar-refractivity contribution in [2.24, 2.45) is 0 Å². The molecule has 136 valence electrons. The second-order valence-electron chi connectivity index (χ2n) is 6.61. The Morgan fingerprint density at radius 2 is 1.88 bits per heavy atom. The topological polar surface area (TPSA) is 63.4 Å². The van der Waals surface area contributed by atoms with Gasteiger partial charge in [-0.15, -0.1) is 0 Å². The van der Waals surface area contributed by atoms with Crippen LogP contribution in [0.25, 0.3) is 11.1 Å². The van der Waals surface area contributed by atoms with Crippen molar-refractivity contribution in [1.82, 2.24) is 9.29 Å². The molecular formula is C19H19ClN2O3S. The first-order valence-electron chi connectivity index (χ1n) is 8.57. The number of oxazole rings is 1. The number of para-hydroxylation sites is 2. The van der Waals surface area contributed by atoms with Gasteiger partial charge in [0.15, 0.2) is 11.5 Å². The zero-order valence-corrected chi connectivity index (χ0v) is 15.9. The summed E-state index contributed by atoms with van der Waals surface area (Å²) in [5.74, 6) is 0.830. The van der Waals surface area contributed by atoms with Gasteiger partial charge in [0.25, 0.3) is 0 Å². The van der Waals surface area contributed by atoms with Gasteiger partial charge in [0.05, 0.1) is 4.90 Å². The molecule has 5 nitrogen and oxygen atoms in total. The standard InChI is InChI=1S/C19H19ClN2O3S/c1-13-6-7-15(20)12-18(13)26(23,24)22-10-8-14(9-11-22)19-21-16-4-2-3-5-17(16)25-19/h2-7,12,14H,8-11H2,1H3. The van der Waals surface area contributed by atoms with Crippen molar-refractivity contribution >= 4 is 32.7 Å². The van der Waals surface area contributed by atoms with E-state index in [1.807, 2.05) is 24.3 Å². The quantitative estimate of drug-likeness (QED) is 0.666. The molecular weight excluding hydrogens is 372 g/mol. The third-order valence-electron chi connectivity index (χ3n) is 4.88. The van der Waals surface area contributed by atoms with Gasteiger partial charge in [0, 0.05) is 24.0 Å². The van der Waals surface area contributed by atoms with Gasteiger partial charge in [0.2, 0.25) is 10.0 Å². The second kappa shape index (κ2) is 6.68. The Kier molecular flexibility index (Phi) is 4.50. The molecule has 26 heavy (non-hydrogen) atoms. The van der Waals surface area contributed by atoms with Gasteiger partial charge in [0.1, 0.15) is 5.52 Å². The maximum Gasteiger partial charge on any atom is 0.243 e. The number of rotatable bonds is 3. The average Bonchev–Trinajstić information content (AvgIpc) is 3.08. The zero-order chi connectivity index (χ0) is 18.3. The molecule has 1 aliphatic rings. The van der Waals surface area contributed by atoms with E-state index in [0.717, 1.165) is 11.1 Å². The van der Waals surface area contributed by atoms with E-state index in [4.69, 9.17) is 16.0 Å². The van der Waals surface area contributed by atoms with Gasteiger partial charge in [-0.2, -0.15) is 4.31 Å². The lowest BCUT2D eigenvalue weighted by Crippen LogP contribution is -2.38. The molecule has 0 radical (unpaired) electrons. The van der Waals surface area contributed by atoms with Crippen LogP contribution in [0.2, 0.25) is 5.02 Å². The molecule has 0 atom stereocenters. The Morgan fingerprint density at radius 3 is 2.62 bits per heavy atom. The predicted octanol–water partition coefficient (Wildman–Crippen LogP) is 4.36. The third-order valence-corrected chi connectivity index (χ3v) is 7.16. The molecule has 0 aliphatic carbocycles. The lowest BCUT2D eigenvalue weighted by molar-refractivity contribution is 0.293. The Hall–Kier alpha value is -1.89. The first-order valence-corrected chi connectivity index (χ1v) is 10.4. The fourth-order valence-corrected chi connectivity index (χ4v) is 5.36. The van der Waals surface area contributed by atoms with Gasteiger partial charge in [-0.3, -0.25) is 0 Å². The summed E-state index contributed by atoms with van der Waals surface area (Å²) in [6, 6.07) is 12.6. The highest BCUT2D eigenvalue weighted by Crippen LogP contribution is 2.33. The highest BCUT2D eigenvalue weighted by molar-refractivity contribution is 7.89. The molecule has 1 fully saturated rings. The number of hydrogen-bond acceptors (Lipinski definition) is 4. The number of aromatic nitrogens is 1. The lowest BCUT2D eigenvalue weighted by Gasteiger charge is -2.30. The normalized spacial score (nSPS) is 17.0. The van der Waals surface area contributed by atoms with Crippen molar-refractivity contribution in [2.45, 2.75) is 30.6 Å². The summed E-state index contributed by atoms with van der Waals surface area (Å²) >= 11 is 6.00. The fraction of sp³-hybridized carbons (Fsp3) is 0.316. The van der Waals surface area contributed by atoms with Gasteiger partial charge >= 0.3 is 0 Å². The number of benzene rings is 2. The number of sulfonamides is 1.